The lowest BCUT2D eigenvalue weighted by Gasteiger charge is -2.41. The molecule has 0 unspecified atom stereocenters. The van der Waals surface area contributed by atoms with Gasteiger partial charge in [0.2, 0.25) is 5.28 Å². The van der Waals surface area contributed by atoms with E-state index in [4.69, 9.17) is 17.3 Å². The third kappa shape index (κ3) is 1.92. The van der Waals surface area contributed by atoms with Crippen LogP contribution in [0.2, 0.25) is 5.28 Å². The van der Waals surface area contributed by atoms with Crippen LogP contribution in [0.5, 0.6) is 0 Å². The van der Waals surface area contributed by atoms with E-state index in [0.717, 1.165) is 19.3 Å². The van der Waals surface area contributed by atoms with E-state index in [0.29, 0.717) is 17.2 Å². The van der Waals surface area contributed by atoms with Crippen molar-refractivity contribution in [2.75, 3.05) is 17.7 Å². The van der Waals surface area contributed by atoms with Gasteiger partial charge in [0, 0.05) is 0 Å². The van der Waals surface area contributed by atoms with E-state index in [-0.39, 0.29) is 17.4 Å². The fourth-order valence-electron chi connectivity index (χ4n) is 1.82. The molecule has 0 bridgehead atoms. The minimum Gasteiger partial charge on any atom is -0.394 e. The van der Waals surface area contributed by atoms with Crippen LogP contribution in [0.3, 0.4) is 0 Å². The van der Waals surface area contributed by atoms with Crippen LogP contribution in [0.25, 0.3) is 0 Å². The molecule has 1 aliphatic carbocycles. The van der Waals surface area contributed by atoms with E-state index < -0.39 is 0 Å². The summed E-state index contributed by atoms with van der Waals surface area (Å²) in [6.07, 6.45) is 2.94. The highest BCUT2D eigenvalue weighted by Crippen LogP contribution is 2.36. The second-order valence-corrected chi connectivity index (χ2v) is 4.60. The van der Waals surface area contributed by atoms with Crippen LogP contribution in [0.1, 0.15) is 25.0 Å². The normalized spacial score (nSPS) is 17.9. The monoisotopic (exact) mass is 242 g/mol. The number of aliphatic hydroxyl groups is 1. The lowest BCUT2D eigenvalue weighted by Crippen LogP contribution is -2.48. The number of aryl methyl sites for hydroxylation is 1. The number of aliphatic hydroxyl groups excluding tert-OH is 1. The molecule has 6 heteroatoms. The molecular weight excluding hydrogens is 228 g/mol. The van der Waals surface area contributed by atoms with Crippen molar-refractivity contribution in [3.05, 3.63) is 11.0 Å². The predicted molar refractivity (Wildman–Crippen MR) is 63.5 cm³/mol. The summed E-state index contributed by atoms with van der Waals surface area (Å²) in [5.41, 5.74) is 6.72. The lowest BCUT2D eigenvalue weighted by atomic mass is 9.77. The van der Waals surface area contributed by atoms with Crippen molar-refractivity contribution in [3.63, 3.8) is 0 Å². The van der Waals surface area contributed by atoms with Gasteiger partial charge in [0.05, 0.1) is 23.5 Å². The summed E-state index contributed by atoms with van der Waals surface area (Å²) in [5, 5.41) is 12.7. The fraction of sp³-hybridized carbons (Fsp3) is 0.600. The third-order valence-corrected chi connectivity index (χ3v) is 3.27. The number of nitrogens with one attached hydrogen (secondary N) is 1. The SMILES string of the molecule is Cc1nc(Cl)nc(NC2(CO)CCC2)c1N. The Balaban J connectivity index is 2.27. The van der Waals surface area contributed by atoms with E-state index in [9.17, 15) is 5.11 Å². The Morgan fingerprint density at radius 2 is 2.19 bits per heavy atom. The van der Waals surface area contributed by atoms with E-state index in [1.807, 2.05) is 0 Å². The fourth-order valence-corrected chi connectivity index (χ4v) is 2.03. The molecule has 16 heavy (non-hydrogen) atoms. The van der Waals surface area contributed by atoms with Gasteiger partial charge < -0.3 is 16.2 Å². The summed E-state index contributed by atoms with van der Waals surface area (Å²) >= 11 is 5.78. The zero-order valence-electron chi connectivity index (χ0n) is 9.13. The number of halogens is 1. The molecule has 2 rings (SSSR count). The largest absolute Gasteiger partial charge is 0.394 e. The number of aromatic nitrogens is 2. The zero-order chi connectivity index (χ0) is 11.8. The van der Waals surface area contributed by atoms with Gasteiger partial charge in [-0.05, 0) is 37.8 Å². The van der Waals surface area contributed by atoms with Crippen molar-refractivity contribution in [1.82, 2.24) is 9.97 Å². The highest BCUT2D eigenvalue weighted by molar-refractivity contribution is 6.28. The van der Waals surface area contributed by atoms with Crippen LogP contribution in [0.15, 0.2) is 0 Å². The van der Waals surface area contributed by atoms with Gasteiger partial charge in [-0.2, -0.15) is 4.98 Å². The predicted octanol–water partition coefficient (Wildman–Crippen LogP) is 1.35. The Labute approximate surface area is 99.0 Å². The maximum absolute atomic E-state index is 9.35. The number of anilines is 2. The molecule has 1 aliphatic rings. The molecule has 0 aromatic carbocycles. The molecular formula is C10H15ClN4O. The van der Waals surface area contributed by atoms with Crippen molar-refractivity contribution < 1.29 is 5.11 Å². The molecule has 88 valence electrons. The number of hydrogen-bond acceptors (Lipinski definition) is 5. The molecule has 1 heterocycles. The lowest BCUT2D eigenvalue weighted by molar-refractivity contribution is 0.144. The molecule has 0 amide bonds. The quantitative estimate of drug-likeness (QED) is 0.697. The van der Waals surface area contributed by atoms with Gasteiger partial charge in [-0.3, -0.25) is 0 Å². The Bertz CT molecular complexity index is 401. The van der Waals surface area contributed by atoms with Gasteiger partial charge >= 0.3 is 0 Å². The standard InChI is InChI=1S/C10H15ClN4O/c1-6-7(12)8(14-9(11)13-6)15-10(5-16)3-2-4-10/h16H,2-5,12H2,1H3,(H,13,14,15). The first-order valence-electron chi connectivity index (χ1n) is 5.25. The summed E-state index contributed by atoms with van der Waals surface area (Å²) in [6.45, 7) is 1.85. The summed E-state index contributed by atoms with van der Waals surface area (Å²) < 4.78 is 0. The molecule has 0 atom stereocenters. The Kier molecular flexibility index (Phi) is 2.90. The van der Waals surface area contributed by atoms with Crippen molar-refractivity contribution in [2.24, 2.45) is 0 Å². The van der Waals surface area contributed by atoms with Crippen LogP contribution < -0.4 is 11.1 Å². The molecule has 0 radical (unpaired) electrons. The van der Waals surface area contributed by atoms with Gasteiger partial charge in [-0.15, -0.1) is 0 Å². The van der Waals surface area contributed by atoms with Gasteiger partial charge in [-0.1, -0.05) is 0 Å². The van der Waals surface area contributed by atoms with Crippen LogP contribution in [0, 0.1) is 6.92 Å². The summed E-state index contributed by atoms with van der Waals surface area (Å²) in [6, 6.07) is 0. The highest BCUT2D eigenvalue weighted by Gasteiger charge is 2.37. The molecule has 4 N–H and O–H groups in total. The number of rotatable bonds is 3. The second kappa shape index (κ2) is 4.07. The van der Waals surface area contributed by atoms with E-state index in [1.54, 1.807) is 6.92 Å². The summed E-state index contributed by atoms with van der Waals surface area (Å²) in [7, 11) is 0. The van der Waals surface area contributed by atoms with Crippen molar-refractivity contribution in [2.45, 2.75) is 31.7 Å². The van der Waals surface area contributed by atoms with Gasteiger partial charge in [0.15, 0.2) is 5.82 Å². The van der Waals surface area contributed by atoms with Crippen molar-refractivity contribution >= 4 is 23.1 Å². The first kappa shape index (κ1) is 11.4. The molecule has 0 aliphatic heterocycles. The minimum atomic E-state index is -0.280. The number of nitrogen functional groups attached to an aromatic ring is 1. The molecule has 1 aromatic heterocycles. The van der Waals surface area contributed by atoms with E-state index >= 15 is 0 Å². The zero-order valence-corrected chi connectivity index (χ0v) is 9.88. The van der Waals surface area contributed by atoms with Gasteiger partial charge in [0.25, 0.3) is 0 Å². The molecule has 0 spiro atoms. The van der Waals surface area contributed by atoms with Gasteiger partial charge in [0.1, 0.15) is 0 Å². The van der Waals surface area contributed by atoms with E-state index in [2.05, 4.69) is 15.3 Å². The first-order chi connectivity index (χ1) is 7.56. The molecule has 5 nitrogen and oxygen atoms in total. The topological polar surface area (TPSA) is 84.1 Å². The van der Waals surface area contributed by atoms with Crippen LogP contribution in [-0.2, 0) is 0 Å². The molecule has 0 saturated heterocycles. The summed E-state index contributed by atoms with van der Waals surface area (Å²) in [4.78, 5) is 8.02. The van der Waals surface area contributed by atoms with E-state index in [1.165, 1.54) is 0 Å². The Morgan fingerprint density at radius 1 is 1.50 bits per heavy atom. The average Bonchev–Trinajstić information content (AvgIpc) is 2.18. The van der Waals surface area contributed by atoms with Crippen LogP contribution in [-0.4, -0.2) is 27.2 Å². The molecule has 1 aromatic rings. The van der Waals surface area contributed by atoms with Gasteiger partial charge in [-0.25, -0.2) is 4.98 Å². The van der Waals surface area contributed by atoms with Crippen molar-refractivity contribution in [1.29, 1.82) is 0 Å². The van der Waals surface area contributed by atoms with Crippen LogP contribution in [0.4, 0.5) is 11.5 Å². The van der Waals surface area contributed by atoms with Crippen LogP contribution >= 0.6 is 11.6 Å². The summed E-state index contributed by atoms with van der Waals surface area (Å²) in [5.74, 6) is 0.520. The minimum absolute atomic E-state index is 0.0765. The number of hydrogen-bond donors (Lipinski definition) is 3. The average molecular weight is 243 g/mol. The second-order valence-electron chi connectivity index (χ2n) is 4.26. The molecule has 1 saturated carbocycles. The van der Waals surface area contributed by atoms with Crippen molar-refractivity contribution in [3.8, 4) is 0 Å². The maximum Gasteiger partial charge on any atom is 0.224 e. The first-order valence-corrected chi connectivity index (χ1v) is 5.63. The molecule has 1 fully saturated rings. The highest BCUT2D eigenvalue weighted by atomic mass is 35.5. The maximum atomic E-state index is 9.35. The Hall–Kier alpha value is -1.07. The number of nitrogens with zero attached hydrogens (tertiary/aromatic N) is 2. The smallest absolute Gasteiger partial charge is 0.224 e. The third-order valence-electron chi connectivity index (χ3n) is 3.11. The number of nitrogens with two attached hydrogens (primary N) is 1. The Morgan fingerprint density at radius 3 is 2.69 bits per heavy atom.